The maximum Gasteiger partial charge on any atom is 0.417 e. The average Bonchev–Trinajstić information content (AvgIpc) is 2.55. The van der Waals surface area contributed by atoms with Crippen LogP contribution in [0.3, 0.4) is 0 Å². The van der Waals surface area contributed by atoms with Gasteiger partial charge in [0.05, 0.1) is 15.5 Å². The number of halogens is 5. The van der Waals surface area contributed by atoms with Gasteiger partial charge in [-0.15, -0.1) is 0 Å². The van der Waals surface area contributed by atoms with E-state index < -0.39 is 51.0 Å². The van der Waals surface area contributed by atoms with E-state index in [1.165, 1.54) is 6.92 Å². The largest absolute Gasteiger partial charge is 0.474 e. The molecule has 144 valence electrons. The zero-order valence-corrected chi connectivity index (χ0v) is 14.3. The Labute approximate surface area is 154 Å². The topological polar surface area (TPSA) is 81.5 Å². The predicted octanol–water partition coefficient (Wildman–Crippen LogP) is 4.81. The fourth-order valence-corrected chi connectivity index (χ4v) is 2.27. The van der Waals surface area contributed by atoms with Crippen molar-refractivity contribution >= 4 is 28.9 Å². The zero-order chi connectivity index (χ0) is 20.4. The van der Waals surface area contributed by atoms with E-state index >= 15 is 0 Å². The molecule has 2 aromatic carbocycles. The van der Waals surface area contributed by atoms with E-state index in [-0.39, 0.29) is 5.69 Å². The molecule has 11 heteroatoms. The molecule has 0 aliphatic rings. The molecule has 0 aromatic heterocycles. The number of carbonyl (C=O) groups excluding carboxylic acids is 1. The van der Waals surface area contributed by atoms with Gasteiger partial charge in [0, 0.05) is 17.8 Å². The lowest BCUT2D eigenvalue weighted by atomic mass is 10.2. The van der Waals surface area contributed by atoms with Gasteiger partial charge >= 0.3 is 11.9 Å². The SMILES string of the molecule is C[C@H](Oc1cc(F)ccc1[N+](=O)[O-])C(=O)Nc1ccc(Cl)c(C(F)(F)F)c1. The van der Waals surface area contributed by atoms with Crippen molar-refractivity contribution in [2.24, 2.45) is 0 Å². The normalized spacial score (nSPS) is 12.4. The Morgan fingerprint density at radius 1 is 1.26 bits per heavy atom. The molecule has 0 aliphatic heterocycles. The van der Waals surface area contributed by atoms with Crippen molar-refractivity contribution in [2.45, 2.75) is 19.2 Å². The van der Waals surface area contributed by atoms with Gasteiger partial charge in [0.25, 0.3) is 5.91 Å². The molecule has 0 heterocycles. The molecule has 1 amide bonds. The monoisotopic (exact) mass is 406 g/mol. The molecule has 27 heavy (non-hydrogen) atoms. The van der Waals surface area contributed by atoms with E-state index in [2.05, 4.69) is 5.32 Å². The second kappa shape index (κ2) is 7.78. The van der Waals surface area contributed by atoms with E-state index in [9.17, 15) is 32.5 Å². The van der Waals surface area contributed by atoms with E-state index in [0.717, 1.165) is 30.3 Å². The number of ether oxygens (including phenoxy) is 1. The lowest BCUT2D eigenvalue weighted by Gasteiger charge is -2.16. The maximum atomic E-state index is 13.3. The highest BCUT2D eigenvalue weighted by Gasteiger charge is 2.33. The Hall–Kier alpha value is -2.88. The van der Waals surface area contributed by atoms with Gasteiger partial charge in [-0.05, 0) is 31.2 Å². The smallest absolute Gasteiger partial charge is 0.417 e. The van der Waals surface area contributed by atoms with E-state index in [0.29, 0.717) is 6.07 Å². The van der Waals surface area contributed by atoms with Crippen LogP contribution in [-0.2, 0) is 11.0 Å². The summed E-state index contributed by atoms with van der Waals surface area (Å²) in [5.41, 5.74) is -1.92. The molecule has 0 bridgehead atoms. The Balaban J connectivity index is 2.18. The van der Waals surface area contributed by atoms with E-state index in [1.54, 1.807) is 0 Å². The molecule has 1 atom stereocenters. The lowest BCUT2D eigenvalue weighted by molar-refractivity contribution is -0.386. The van der Waals surface area contributed by atoms with Crippen LogP contribution in [0, 0.1) is 15.9 Å². The number of rotatable bonds is 5. The second-order valence-corrected chi connectivity index (χ2v) is 5.72. The van der Waals surface area contributed by atoms with Gasteiger partial charge in [-0.3, -0.25) is 14.9 Å². The van der Waals surface area contributed by atoms with Crippen molar-refractivity contribution in [3.8, 4) is 5.75 Å². The minimum atomic E-state index is -4.72. The van der Waals surface area contributed by atoms with Crippen LogP contribution in [0.25, 0.3) is 0 Å². The molecule has 0 aliphatic carbocycles. The molecule has 1 N–H and O–H groups in total. The highest BCUT2D eigenvalue weighted by Crippen LogP contribution is 2.36. The van der Waals surface area contributed by atoms with Crippen molar-refractivity contribution in [1.82, 2.24) is 0 Å². The number of carbonyl (C=O) groups is 1. The lowest BCUT2D eigenvalue weighted by Crippen LogP contribution is -2.30. The third-order valence-corrected chi connectivity index (χ3v) is 3.66. The number of nitro benzene ring substituents is 1. The Bertz CT molecular complexity index is 889. The molecule has 6 nitrogen and oxygen atoms in total. The summed E-state index contributed by atoms with van der Waals surface area (Å²) in [4.78, 5) is 22.2. The first kappa shape index (κ1) is 20.4. The van der Waals surface area contributed by atoms with Crippen molar-refractivity contribution < 1.29 is 32.0 Å². The molecular formula is C16H11ClF4N2O4. The van der Waals surface area contributed by atoms with Crippen LogP contribution in [0.4, 0.5) is 28.9 Å². The van der Waals surface area contributed by atoms with Crippen LogP contribution in [0.2, 0.25) is 5.02 Å². The molecule has 0 spiro atoms. The van der Waals surface area contributed by atoms with Crippen LogP contribution < -0.4 is 10.1 Å². The molecule has 0 fully saturated rings. The number of nitro groups is 1. The number of hydrogen-bond acceptors (Lipinski definition) is 4. The number of amides is 1. The van der Waals surface area contributed by atoms with Gasteiger partial charge in [-0.25, -0.2) is 4.39 Å². The quantitative estimate of drug-likeness (QED) is 0.439. The minimum absolute atomic E-state index is 0.207. The summed E-state index contributed by atoms with van der Waals surface area (Å²) in [7, 11) is 0. The van der Waals surface area contributed by atoms with Gasteiger partial charge in [0.2, 0.25) is 5.75 Å². The third-order valence-electron chi connectivity index (χ3n) is 3.33. The summed E-state index contributed by atoms with van der Waals surface area (Å²) < 4.78 is 56.9. The number of anilines is 1. The average molecular weight is 407 g/mol. The number of nitrogens with zero attached hydrogens (tertiary/aromatic N) is 1. The molecule has 0 radical (unpaired) electrons. The molecular weight excluding hydrogens is 396 g/mol. The van der Waals surface area contributed by atoms with Crippen molar-refractivity contribution in [2.75, 3.05) is 5.32 Å². The number of hydrogen-bond donors (Lipinski definition) is 1. The van der Waals surface area contributed by atoms with Gasteiger partial charge in [0.15, 0.2) is 6.10 Å². The van der Waals surface area contributed by atoms with Crippen LogP contribution >= 0.6 is 11.6 Å². The van der Waals surface area contributed by atoms with Crippen LogP contribution in [0.15, 0.2) is 36.4 Å². The van der Waals surface area contributed by atoms with E-state index in [1.807, 2.05) is 0 Å². The minimum Gasteiger partial charge on any atom is -0.474 e. The fourth-order valence-electron chi connectivity index (χ4n) is 2.04. The first-order chi connectivity index (χ1) is 12.5. The number of alkyl halides is 3. The Kier molecular flexibility index (Phi) is 5.89. The van der Waals surface area contributed by atoms with Crippen molar-refractivity contribution in [1.29, 1.82) is 0 Å². The molecule has 2 rings (SSSR count). The molecule has 0 unspecified atom stereocenters. The van der Waals surface area contributed by atoms with Crippen LogP contribution in [-0.4, -0.2) is 16.9 Å². The van der Waals surface area contributed by atoms with Gasteiger partial charge < -0.3 is 10.1 Å². The van der Waals surface area contributed by atoms with Crippen LogP contribution in [0.5, 0.6) is 5.75 Å². The van der Waals surface area contributed by atoms with Crippen molar-refractivity contribution in [3.05, 3.63) is 62.9 Å². The molecule has 0 saturated heterocycles. The van der Waals surface area contributed by atoms with E-state index in [4.69, 9.17) is 16.3 Å². The molecule has 2 aromatic rings. The standard InChI is InChI=1S/C16H11ClF4N2O4/c1-8(27-14-6-9(18)2-5-13(14)23(25)26)15(24)22-10-3-4-12(17)11(7-10)16(19,20)21/h2-8H,1H3,(H,22,24)/t8-/m0/s1. The van der Waals surface area contributed by atoms with Gasteiger partial charge in [0.1, 0.15) is 5.82 Å². The summed E-state index contributed by atoms with van der Waals surface area (Å²) in [6, 6.07) is 5.19. The first-order valence-electron chi connectivity index (χ1n) is 7.27. The Morgan fingerprint density at radius 2 is 1.93 bits per heavy atom. The highest BCUT2D eigenvalue weighted by atomic mass is 35.5. The van der Waals surface area contributed by atoms with Crippen molar-refractivity contribution in [3.63, 3.8) is 0 Å². The second-order valence-electron chi connectivity index (χ2n) is 5.31. The summed E-state index contributed by atoms with van der Waals surface area (Å²) in [5.74, 6) is -2.21. The fraction of sp³-hybridized carbons (Fsp3) is 0.188. The number of nitrogens with one attached hydrogen (secondary N) is 1. The van der Waals surface area contributed by atoms with Crippen LogP contribution in [0.1, 0.15) is 12.5 Å². The first-order valence-corrected chi connectivity index (χ1v) is 7.65. The summed E-state index contributed by atoms with van der Waals surface area (Å²) in [5, 5.41) is 12.6. The summed E-state index contributed by atoms with van der Waals surface area (Å²) in [6.45, 7) is 1.20. The highest BCUT2D eigenvalue weighted by molar-refractivity contribution is 6.31. The van der Waals surface area contributed by atoms with Gasteiger partial charge in [-0.1, -0.05) is 11.6 Å². The number of benzene rings is 2. The Morgan fingerprint density at radius 3 is 2.52 bits per heavy atom. The molecule has 0 saturated carbocycles. The zero-order valence-electron chi connectivity index (χ0n) is 13.5. The maximum absolute atomic E-state index is 13.3. The summed E-state index contributed by atoms with van der Waals surface area (Å²) >= 11 is 5.49. The predicted molar refractivity (Wildman–Crippen MR) is 88.2 cm³/mol. The van der Waals surface area contributed by atoms with Gasteiger partial charge in [-0.2, -0.15) is 13.2 Å². The third kappa shape index (κ3) is 5.07. The summed E-state index contributed by atoms with van der Waals surface area (Å²) in [6.07, 6.45) is -6.09.